The van der Waals surface area contributed by atoms with Gasteiger partial charge in [0.1, 0.15) is 11.6 Å². The van der Waals surface area contributed by atoms with E-state index in [1.165, 1.54) is 6.07 Å². The SMILES string of the molecule is CCCC(CNC(=O)c1ccc(O)cc1F)C(=O)O. The topological polar surface area (TPSA) is 86.6 Å². The first-order valence-corrected chi connectivity index (χ1v) is 5.95. The maximum Gasteiger partial charge on any atom is 0.308 e. The van der Waals surface area contributed by atoms with E-state index in [0.29, 0.717) is 12.8 Å². The molecule has 0 radical (unpaired) electrons. The van der Waals surface area contributed by atoms with E-state index in [-0.39, 0.29) is 17.9 Å². The molecular weight excluding hydrogens is 253 g/mol. The van der Waals surface area contributed by atoms with Crippen molar-refractivity contribution in [2.45, 2.75) is 19.8 Å². The van der Waals surface area contributed by atoms with Gasteiger partial charge >= 0.3 is 5.97 Å². The molecule has 1 amide bonds. The Balaban J connectivity index is 2.66. The van der Waals surface area contributed by atoms with Crippen molar-refractivity contribution < 1.29 is 24.2 Å². The summed E-state index contributed by atoms with van der Waals surface area (Å²) in [5.41, 5.74) is -0.224. The predicted octanol–water partition coefficient (Wildman–Crippen LogP) is 1.76. The van der Waals surface area contributed by atoms with Gasteiger partial charge in [0.05, 0.1) is 11.5 Å². The molecule has 5 nitrogen and oxygen atoms in total. The van der Waals surface area contributed by atoms with Crippen LogP contribution in [0.4, 0.5) is 4.39 Å². The number of aliphatic carboxylic acids is 1. The number of halogens is 1. The van der Waals surface area contributed by atoms with Crippen molar-refractivity contribution in [1.29, 1.82) is 0 Å². The molecular formula is C13H16FNO4. The molecule has 0 aliphatic rings. The van der Waals surface area contributed by atoms with E-state index in [9.17, 15) is 14.0 Å². The quantitative estimate of drug-likeness (QED) is 0.734. The molecule has 1 aromatic carbocycles. The molecule has 0 bridgehead atoms. The van der Waals surface area contributed by atoms with Gasteiger partial charge in [0.15, 0.2) is 0 Å². The second-order valence-corrected chi connectivity index (χ2v) is 4.20. The number of hydrogen-bond donors (Lipinski definition) is 3. The van der Waals surface area contributed by atoms with Crippen LogP contribution in [0.2, 0.25) is 0 Å². The number of benzene rings is 1. The molecule has 1 aromatic rings. The van der Waals surface area contributed by atoms with Crippen LogP contribution in [0.25, 0.3) is 0 Å². The first-order chi connectivity index (χ1) is 8.95. The van der Waals surface area contributed by atoms with E-state index in [4.69, 9.17) is 10.2 Å². The lowest BCUT2D eigenvalue weighted by Crippen LogP contribution is -2.33. The van der Waals surface area contributed by atoms with Crippen LogP contribution in [0.15, 0.2) is 18.2 Å². The van der Waals surface area contributed by atoms with E-state index in [1.54, 1.807) is 0 Å². The number of carbonyl (C=O) groups excluding carboxylic acids is 1. The van der Waals surface area contributed by atoms with Crippen LogP contribution in [0.3, 0.4) is 0 Å². The summed E-state index contributed by atoms with van der Waals surface area (Å²) in [4.78, 5) is 22.6. The fourth-order valence-electron chi connectivity index (χ4n) is 1.66. The minimum atomic E-state index is -0.992. The molecule has 1 atom stereocenters. The fraction of sp³-hybridized carbons (Fsp3) is 0.385. The highest BCUT2D eigenvalue weighted by atomic mass is 19.1. The van der Waals surface area contributed by atoms with Crippen molar-refractivity contribution in [1.82, 2.24) is 5.32 Å². The van der Waals surface area contributed by atoms with Gasteiger partial charge in [0, 0.05) is 12.6 Å². The predicted molar refractivity (Wildman–Crippen MR) is 66.4 cm³/mol. The molecule has 0 heterocycles. The molecule has 104 valence electrons. The minimum absolute atomic E-state index is 0.0533. The van der Waals surface area contributed by atoms with Gasteiger partial charge in [0.2, 0.25) is 0 Å². The van der Waals surface area contributed by atoms with Crippen LogP contribution in [-0.4, -0.2) is 28.6 Å². The Morgan fingerprint density at radius 1 is 1.42 bits per heavy atom. The lowest BCUT2D eigenvalue weighted by molar-refractivity contribution is -0.141. The number of rotatable bonds is 6. The first kappa shape index (κ1) is 14.9. The van der Waals surface area contributed by atoms with Crippen molar-refractivity contribution in [3.8, 4) is 5.75 Å². The lowest BCUT2D eigenvalue weighted by atomic mass is 10.0. The van der Waals surface area contributed by atoms with Gasteiger partial charge in [0.25, 0.3) is 5.91 Å². The Labute approximate surface area is 110 Å². The number of aromatic hydroxyl groups is 1. The van der Waals surface area contributed by atoms with E-state index < -0.39 is 23.6 Å². The standard InChI is InChI=1S/C13H16FNO4/c1-2-3-8(13(18)19)7-15-12(17)10-5-4-9(16)6-11(10)14/h4-6,8,16H,2-3,7H2,1H3,(H,15,17)(H,18,19). The first-order valence-electron chi connectivity index (χ1n) is 5.95. The van der Waals surface area contributed by atoms with Crippen molar-refractivity contribution >= 4 is 11.9 Å². The third-order valence-corrected chi connectivity index (χ3v) is 2.69. The molecule has 0 aliphatic carbocycles. The molecule has 0 saturated heterocycles. The Morgan fingerprint density at radius 2 is 2.11 bits per heavy atom. The Morgan fingerprint density at radius 3 is 2.63 bits per heavy atom. The number of carbonyl (C=O) groups is 2. The highest BCUT2D eigenvalue weighted by molar-refractivity contribution is 5.94. The number of phenols is 1. The van der Waals surface area contributed by atoms with Gasteiger partial charge in [-0.1, -0.05) is 13.3 Å². The molecule has 0 aromatic heterocycles. The minimum Gasteiger partial charge on any atom is -0.508 e. The summed E-state index contributed by atoms with van der Waals surface area (Å²) in [5.74, 6) is -3.49. The Kier molecular flexibility index (Phi) is 5.29. The molecule has 1 unspecified atom stereocenters. The summed E-state index contributed by atoms with van der Waals surface area (Å²) in [5, 5.41) is 20.3. The largest absolute Gasteiger partial charge is 0.508 e. The van der Waals surface area contributed by atoms with Crippen molar-refractivity contribution in [2.75, 3.05) is 6.54 Å². The number of carboxylic acid groups (broad SMARTS) is 1. The second kappa shape index (κ2) is 6.72. The number of amides is 1. The van der Waals surface area contributed by atoms with Gasteiger partial charge in [-0.25, -0.2) is 4.39 Å². The van der Waals surface area contributed by atoms with Gasteiger partial charge in [-0.05, 0) is 18.6 Å². The van der Waals surface area contributed by atoms with E-state index in [0.717, 1.165) is 12.1 Å². The second-order valence-electron chi connectivity index (χ2n) is 4.20. The van der Waals surface area contributed by atoms with E-state index in [2.05, 4.69) is 5.32 Å². The molecule has 0 saturated carbocycles. The zero-order valence-electron chi connectivity index (χ0n) is 10.5. The number of hydrogen-bond acceptors (Lipinski definition) is 3. The molecule has 3 N–H and O–H groups in total. The Hall–Kier alpha value is -2.11. The van der Waals surface area contributed by atoms with Crippen LogP contribution in [0.5, 0.6) is 5.75 Å². The highest BCUT2D eigenvalue weighted by Crippen LogP contribution is 2.15. The van der Waals surface area contributed by atoms with Crippen LogP contribution in [-0.2, 0) is 4.79 Å². The number of phenolic OH excluding ortho intramolecular Hbond substituents is 1. The molecule has 0 spiro atoms. The fourth-order valence-corrected chi connectivity index (χ4v) is 1.66. The summed E-state index contributed by atoms with van der Waals surface area (Å²) < 4.78 is 13.4. The van der Waals surface area contributed by atoms with E-state index >= 15 is 0 Å². The van der Waals surface area contributed by atoms with Gasteiger partial charge in [-0.3, -0.25) is 9.59 Å². The molecule has 6 heteroatoms. The number of carboxylic acids is 1. The normalized spacial score (nSPS) is 11.9. The average molecular weight is 269 g/mol. The smallest absolute Gasteiger partial charge is 0.308 e. The summed E-state index contributed by atoms with van der Waals surface area (Å²) in [7, 11) is 0. The van der Waals surface area contributed by atoms with Crippen molar-refractivity contribution in [3.05, 3.63) is 29.6 Å². The molecule has 0 aliphatic heterocycles. The van der Waals surface area contributed by atoms with E-state index in [1.807, 2.05) is 6.92 Å². The summed E-state index contributed by atoms with van der Waals surface area (Å²) in [6, 6.07) is 3.17. The monoisotopic (exact) mass is 269 g/mol. The molecule has 0 fully saturated rings. The third kappa shape index (κ3) is 4.24. The molecule has 19 heavy (non-hydrogen) atoms. The maximum atomic E-state index is 13.4. The average Bonchev–Trinajstić information content (AvgIpc) is 2.33. The summed E-state index contributed by atoms with van der Waals surface area (Å²) in [6.07, 6.45) is 1.12. The molecule has 1 rings (SSSR count). The van der Waals surface area contributed by atoms with Gasteiger partial charge in [-0.15, -0.1) is 0 Å². The lowest BCUT2D eigenvalue weighted by Gasteiger charge is -2.12. The highest BCUT2D eigenvalue weighted by Gasteiger charge is 2.19. The van der Waals surface area contributed by atoms with Gasteiger partial charge in [-0.2, -0.15) is 0 Å². The van der Waals surface area contributed by atoms with Crippen LogP contribution < -0.4 is 5.32 Å². The van der Waals surface area contributed by atoms with Gasteiger partial charge < -0.3 is 15.5 Å². The number of nitrogens with one attached hydrogen (secondary N) is 1. The van der Waals surface area contributed by atoms with Crippen LogP contribution >= 0.6 is 0 Å². The summed E-state index contributed by atoms with van der Waals surface area (Å²) >= 11 is 0. The van der Waals surface area contributed by atoms with Crippen LogP contribution in [0, 0.1) is 11.7 Å². The third-order valence-electron chi connectivity index (χ3n) is 2.69. The van der Waals surface area contributed by atoms with Crippen molar-refractivity contribution in [3.63, 3.8) is 0 Å². The summed E-state index contributed by atoms with van der Waals surface area (Å²) in [6.45, 7) is 1.79. The zero-order chi connectivity index (χ0) is 14.4. The van der Waals surface area contributed by atoms with Crippen molar-refractivity contribution in [2.24, 2.45) is 5.92 Å². The Bertz CT molecular complexity index is 476. The zero-order valence-corrected chi connectivity index (χ0v) is 10.5. The van der Waals surface area contributed by atoms with Crippen LogP contribution in [0.1, 0.15) is 30.1 Å². The maximum absolute atomic E-state index is 13.4.